The van der Waals surface area contributed by atoms with Crippen LogP contribution in [0, 0.1) is 34.5 Å². The van der Waals surface area contributed by atoms with Crippen LogP contribution in [0.2, 0.25) is 0 Å². The van der Waals surface area contributed by atoms with Gasteiger partial charge >= 0.3 is 5.97 Å². The van der Waals surface area contributed by atoms with Crippen molar-refractivity contribution in [3.63, 3.8) is 0 Å². The fourth-order valence-electron chi connectivity index (χ4n) is 7.72. The molecule has 7 atom stereocenters. The van der Waals surface area contributed by atoms with E-state index in [1.54, 1.807) is 6.08 Å². The van der Waals surface area contributed by atoms with Gasteiger partial charge in [-0.2, -0.15) is 0 Å². The van der Waals surface area contributed by atoms with Crippen molar-refractivity contribution in [1.82, 2.24) is 0 Å². The van der Waals surface area contributed by atoms with Crippen LogP contribution in [-0.2, 0) is 9.59 Å². The highest BCUT2D eigenvalue weighted by molar-refractivity contribution is 5.95. The van der Waals surface area contributed by atoms with Gasteiger partial charge in [0.2, 0.25) is 0 Å². The predicted octanol–water partition coefficient (Wildman–Crippen LogP) is 3.97. The molecule has 4 heteroatoms. The van der Waals surface area contributed by atoms with Crippen LogP contribution in [0.3, 0.4) is 0 Å². The number of carbonyl (C=O) groups is 2. The highest BCUT2D eigenvalue weighted by Gasteiger charge is 2.68. The van der Waals surface area contributed by atoms with E-state index in [2.05, 4.69) is 13.8 Å². The molecule has 4 aliphatic carbocycles. The van der Waals surface area contributed by atoms with Crippen molar-refractivity contribution >= 4 is 11.8 Å². The van der Waals surface area contributed by atoms with Gasteiger partial charge in [-0.25, -0.2) is 0 Å². The Morgan fingerprint density at radius 1 is 1.19 bits per heavy atom. The minimum Gasteiger partial charge on any atom is -0.481 e. The Balaban J connectivity index is 1.80. The van der Waals surface area contributed by atoms with Crippen LogP contribution in [0.25, 0.3) is 0 Å². The number of carbonyl (C=O) groups excluding carboxylic acids is 1. The molecule has 26 heavy (non-hydrogen) atoms. The molecular weight excluding hydrogens is 328 g/mol. The van der Waals surface area contributed by atoms with Crippen molar-refractivity contribution in [2.45, 2.75) is 77.7 Å². The van der Waals surface area contributed by atoms with Crippen molar-refractivity contribution in [2.24, 2.45) is 34.5 Å². The number of carboxylic acid groups (broad SMARTS) is 1. The van der Waals surface area contributed by atoms with E-state index < -0.39 is 22.9 Å². The summed E-state index contributed by atoms with van der Waals surface area (Å²) in [5, 5.41) is 21.9. The standard InChI is InChI=1S/C22H32O4/c1-4-13-5-7-16-17-8-6-14-11-15(23)12-18(19(24)25)21(14,3)22(17,26)10-9-20(13,16)2/h11,13,16-18,26H,4-10,12H2,1-3H3,(H,24,25)/t13-,16-,17-,18?,20+,21+,22+/m0/s1. The summed E-state index contributed by atoms with van der Waals surface area (Å²) >= 11 is 0. The molecule has 0 aromatic carbocycles. The minimum absolute atomic E-state index is 0.0177. The maximum atomic E-state index is 12.1. The minimum atomic E-state index is -1.01. The summed E-state index contributed by atoms with van der Waals surface area (Å²) in [4.78, 5) is 24.2. The Morgan fingerprint density at radius 2 is 1.92 bits per heavy atom. The number of aliphatic carboxylic acids is 1. The summed E-state index contributed by atoms with van der Waals surface area (Å²) in [6.45, 7) is 6.62. The predicted molar refractivity (Wildman–Crippen MR) is 98.5 cm³/mol. The van der Waals surface area contributed by atoms with Gasteiger partial charge in [-0.05, 0) is 67.8 Å². The third-order valence-electron chi connectivity index (χ3n) is 9.27. The Hall–Kier alpha value is -1.16. The van der Waals surface area contributed by atoms with Crippen molar-refractivity contribution in [3.05, 3.63) is 11.6 Å². The first-order valence-electron chi connectivity index (χ1n) is 10.4. The molecule has 3 saturated carbocycles. The number of aliphatic hydroxyl groups is 1. The van der Waals surface area contributed by atoms with Gasteiger partial charge in [0.15, 0.2) is 5.78 Å². The number of hydrogen-bond donors (Lipinski definition) is 2. The normalized spacial score (nSPS) is 50.5. The summed E-state index contributed by atoms with van der Waals surface area (Å²) in [6.07, 6.45) is 8.50. The quantitative estimate of drug-likeness (QED) is 0.781. The fourth-order valence-corrected chi connectivity index (χ4v) is 7.72. The second-order valence-corrected chi connectivity index (χ2v) is 9.80. The number of ketones is 1. The Labute approximate surface area is 156 Å². The number of hydrogen-bond acceptors (Lipinski definition) is 3. The van der Waals surface area contributed by atoms with Gasteiger partial charge in [-0.3, -0.25) is 9.59 Å². The van der Waals surface area contributed by atoms with Crippen molar-refractivity contribution < 1.29 is 19.8 Å². The van der Waals surface area contributed by atoms with Gasteiger partial charge in [-0.1, -0.05) is 32.8 Å². The first-order chi connectivity index (χ1) is 12.2. The third kappa shape index (κ3) is 2.05. The molecule has 0 aromatic heterocycles. The lowest BCUT2D eigenvalue weighted by Gasteiger charge is -2.64. The molecule has 0 spiro atoms. The average Bonchev–Trinajstić information content (AvgIpc) is 2.92. The SMILES string of the molecule is CC[C@H]1CC[C@H]2[C@@H]3CCC4=CC(=O)CC(C(=O)O)[C@]4(C)[C@@]3(O)CC[C@]12C. The highest BCUT2D eigenvalue weighted by atomic mass is 16.4. The van der Waals surface area contributed by atoms with Crippen molar-refractivity contribution in [3.8, 4) is 0 Å². The maximum absolute atomic E-state index is 12.1. The molecular formula is C22H32O4. The molecule has 0 saturated heterocycles. The lowest BCUT2D eigenvalue weighted by molar-refractivity contribution is -0.210. The summed E-state index contributed by atoms with van der Waals surface area (Å²) in [5.41, 5.74) is -0.671. The van der Waals surface area contributed by atoms with Crippen LogP contribution in [-0.4, -0.2) is 27.6 Å². The van der Waals surface area contributed by atoms with Gasteiger partial charge < -0.3 is 10.2 Å². The number of carboxylic acids is 1. The van der Waals surface area contributed by atoms with Crippen LogP contribution < -0.4 is 0 Å². The maximum Gasteiger partial charge on any atom is 0.307 e. The van der Waals surface area contributed by atoms with Crippen LogP contribution in [0.5, 0.6) is 0 Å². The smallest absolute Gasteiger partial charge is 0.307 e. The van der Waals surface area contributed by atoms with E-state index >= 15 is 0 Å². The van der Waals surface area contributed by atoms with Crippen molar-refractivity contribution in [1.29, 1.82) is 0 Å². The monoisotopic (exact) mass is 360 g/mol. The lowest BCUT2D eigenvalue weighted by Crippen LogP contribution is -2.66. The molecule has 4 nitrogen and oxygen atoms in total. The summed E-state index contributed by atoms with van der Waals surface area (Å²) < 4.78 is 0. The highest BCUT2D eigenvalue weighted by Crippen LogP contribution is 2.69. The summed E-state index contributed by atoms with van der Waals surface area (Å²) in [7, 11) is 0. The van der Waals surface area contributed by atoms with Gasteiger partial charge in [0.1, 0.15) is 0 Å². The van der Waals surface area contributed by atoms with Crippen LogP contribution in [0.1, 0.15) is 72.1 Å². The summed E-state index contributed by atoms with van der Waals surface area (Å²) in [6, 6.07) is 0. The van der Waals surface area contributed by atoms with Crippen LogP contribution >= 0.6 is 0 Å². The van der Waals surface area contributed by atoms with Gasteiger partial charge in [-0.15, -0.1) is 0 Å². The molecule has 0 heterocycles. The second kappa shape index (κ2) is 5.67. The number of fused-ring (bicyclic) bond motifs is 5. The van der Waals surface area contributed by atoms with Crippen molar-refractivity contribution in [2.75, 3.05) is 0 Å². The first-order valence-corrected chi connectivity index (χ1v) is 10.4. The molecule has 0 bridgehead atoms. The van der Waals surface area contributed by atoms with Gasteiger partial charge in [0.25, 0.3) is 0 Å². The molecule has 3 fully saturated rings. The largest absolute Gasteiger partial charge is 0.481 e. The Kier molecular flexibility index (Phi) is 3.97. The van der Waals surface area contributed by atoms with E-state index in [0.29, 0.717) is 18.3 Å². The zero-order chi connectivity index (χ0) is 18.9. The van der Waals surface area contributed by atoms with E-state index in [4.69, 9.17) is 0 Å². The molecule has 0 amide bonds. The van der Waals surface area contributed by atoms with Crippen LogP contribution in [0.4, 0.5) is 0 Å². The second-order valence-electron chi connectivity index (χ2n) is 9.80. The number of rotatable bonds is 2. The molecule has 144 valence electrons. The average molecular weight is 360 g/mol. The van der Waals surface area contributed by atoms with E-state index in [1.807, 2.05) is 6.92 Å². The van der Waals surface area contributed by atoms with Gasteiger partial charge in [0, 0.05) is 11.8 Å². The Bertz CT molecular complexity index is 682. The molecule has 1 unspecified atom stereocenters. The molecule has 2 N–H and O–H groups in total. The third-order valence-corrected chi connectivity index (χ3v) is 9.27. The Morgan fingerprint density at radius 3 is 2.58 bits per heavy atom. The van der Waals surface area contributed by atoms with E-state index in [1.165, 1.54) is 12.8 Å². The topological polar surface area (TPSA) is 74.6 Å². The molecule has 4 aliphatic rings. The molecule has 4 rings (SSSR count). The van der Waals surface area contributed by atoms with E-state index in [9.17, 15) is 19.8 Å². The van der Waals surface area contributed by atoms with E-state index in [-0.39, 0.29) is 23.5 Å². The molecule has 0 aromatic rings. The fraction of sp³-hybridized carbons (Fsp3) is 0.818. The lowest BCUT2D eigenvalue weighted by atomic mass is 9.42. The zero-order valence-electron chi connectivity index (χ0n) is 16.3. The molecule has 0 radical (unpaired) electrons. The summed E-state index contributed by atoms with van der Waals surface area (Å²) in [5.74, 6) is -0.515. The van der Waals surface area contributed by atoms with Gasteiger partial charge in [0.05, 0.1) is 11.5 Å². The first kappa shape index (κ1) is 18.2. The van der Waals surface area contributed by atoms with E-state index in [0.717, 1.165) is 31.3 Å². The molecule has 0 aliphatic heterocycles. The zero-order valence-corrected chi connectivity index (χ0v) is 16.3. The van der Waals surface area contributed by atoms with Crippen LogP contribution in [0.15, 0.2) is 11.6 Å².